The predicted octanol–water partition coefficient (Wildman–Crippen LogP) is 3.87. The van der Waals surface area contributed by atoms with Crippen molar-refractivity contribution in [1.29, 1.82) is 0 Å². The van der Waals surface area contributed by atoms with Gasteiger partial charge in [0.2, 0.25) is 0 Å². The molecule has 1 saturated heterocycles. The molecule has 1 unspecified atom stereocenters. The monoisotopic (exact) mass is 282 g/mol. The fourth-order valence-corrected chi connectivity index (χ4v) is 2.95. The largest absolute Gasteiger partial charge is 0.348 e. The van der Waals surface area contributed by atoms with E-state index in [1.54, 1.807) is 0 Å². The number of benzene rings is 2. The third kappa shape index (κ3) is 2.99. The standard InChI is InChI=1S/C17H18N2S/c20-17(18-16-9-5-2-6-10-16)19-12-11-15(13-19)14-7-3-1-4-8-14/h1-10,15H,11-13H2,(H,18,20). The summed E-state index contributed by atoms with van der Waals surface area (Å²) in [5.41, 5.74) is 2.47. The van der Waals surface area contributed by atoms with Crippen molar-refractivity contribution in [2.45, 2.75) is 12.3 Å². The summed E-state index contributed by atoms with van der Waals surface area (Å²) >= 11 is 5.51. The smallest absolute Gasteiger partial charge is 0.173 e. The lowest BCUT2D eigenvalue weighted by Crippen LogP contribution is -2.32. The van der Waals surface area contributed by atoms with Crippen LogP contribution in [0, 0.1) is 0 Å². The number of rotatable bonds is 2. The number of nitrogens with zero attached hydrogens (tertiary/aromatic N) is 1. The van der Waals surface area contributed by atoms with Gasteiger partial charge in [0, 0.05) is 24.7 Å². The Bertz CT molecular complexity index is 568. The second-order valence-electron chi connectivity index (χ2n) is 5.14. The van der Waals surface area contributed by atoms with Crippen LogP contribution in [0.4, 0.5) is 5.69 Å². The average Bonchev–Trinajstić information content (AvgIpc) is 2.99. The van der Waals surface area contributed by atoms with E-state index in [1.165, 1.54) is 12.0 Å². The first-order chi connectivity index (χ1) is 9.83. The van der Waals surface area contributed by atoms with Crippen molar-refractivity contribution in [3.8, 4) is 0 Å². The van der Waals surface area contributed by atoms with Crippen LogP contribution in [-0.2, 0) is 0 Å². The molecule has 1 atom stereocenters. The summed E-state index contributed by atoms with van der Waals surface area (Å²) in [6, 6.07) is 20.8. The van der Waals surface area contributed by atoms with Crippen LogP contribution < -0.4 is 5.32 Å². The zero-order chi connectivity index (χ0) is 13.8. The molecule has 102 valence electrons. The molecule has 20 heavy (non-hydrogen) atoms. The highest BCUT2D eigenvalue weighted by Crippen LogP contribution is 2.27. The molecule has 1 N–H and O–H groups in total. The molecule has 1 heterocycles. The van der Waals surface area contributed by atoms with Crippen LogP contribution in [0.1, 0.15) is 17.9 Å². The fourth-order valence-electron chi connectivity index (χ4n) is 2.67. The van der Waals surface area contributed by atoms with E-state index in [4.69, 9.17) is 12.2 Å². The summed E-state index contributed by atoms with van der Waals surface area (Å²) < 4.78 is 0. The molecule has 0 spiro atoms. The Morgan fingerprint density at radius 3 is 2.35 bits per heavy atom. The molecular weight excluding hydrogens is 264 g/mol. The lowest BCUT2D eigenvalue weighted by molar-refractivity contribution is 0.518. The molecule has 3 rings (SSSR count). The van der Waals surface area contributed by atoms with E-state index < -0.39 is 0 Å². The van der Waals surface area contributed by atoms with Gasteiger partial charge in [-0.1, -0.05) is 48.5 Å². The van der Waals surface area contributed by atoms with Crippen molar-refractivity contribution < 1.29 is 0 Å². The second-order valence-corrected chi connectivity index (χ2v) is 5.53. The highest BCUT2D eigenvalue weighted by molar-refractivity contribution is 7.80. The van der Waals surface area contributed by atoms with Crippen LogP contribution in [0.15, 0.2) is 60.7 Å². The minimum absolute atomic E-state index is 0.590. The van der Waals surface area contributed by atoms with Crippen molar-refractivity contribution in [3.05, 3.63) is 66.2 Å². The van der Waals surface area contributed by atoms with Crippen LogP contribution in [0.25, 0.3) is 0 Å². The van der Waals surface area contributed by atoms with Gasteiger partial charge in [-0.05, 0) is 36.3 Å². The molecule has 2 nitrogen and oxygen atoms in total. The van der Waals surface area contributed by atoms with Crippen molar-refractivity contribution >= 4 is 23.0 Å². The van der Waals surface area contributed by atoms with Gasteiger partial charge < -0.3 is 10.2 Å². The highest BCUT2D eigenvalue weighted by atomic mass is 32.1. The Kier molecular flexibility index (Phi) is 3.97. The molecule has 1 aliphatic heterocycles. The number of nitrogens with one attached hydrogen (secondary N) is 1. The summed E-state index contributed by atoms with van der Waals surface area (Å²) in [4.78, 5) is 2.26. The zero-order valence-corrected chi connectivity index (χ0v) is 12.1. The summed E-state index contributed by atoms with van der Waals surface area (Å²) in [7, 11) is 0. The van der Waals surface area contributed by atoms with E-state index in [0.717, 1.165) is 23.9 Å². The molecule has 0 radical (unpaired) electrons. The Hall–Kier alpha value is -1.87. The van der Waals surface area contributed by atoms with Crippen LogP contribution in [0.3, 0.4) is 0 Å². The molecule has 0 saturated carbocycles. The van der Waals surface area contributed by atoms with E-state index in [2.05, 4.69) is 40.5 Å². The van der Waals surface area contributed by atoms with E-state index in [1.807, 2.05) is 30.3 Å². The Labute approximate surface area is 125 Å². The van der Waals surface area contributed by atoms with Gasteiger partial charge in [0.05, 0.1) is 0 Å². The van der Waals surface area contributed by atoms with Gasteiger partial charge in [-0.3, -0.25) is 0 Å². The number of likely N-dealkylation sites (tertiary alicyclic amines) is 1. The van der Waals surface area contributed by atoms with Crippen molar-refractivity contribution in [2.24, 2.45) is 0 Å². The summed E-state index contributed by atoms with van der Waals surface area (Å²) in [5, 5.41) is 4.14. The minimum Gasteiger partial charge on any atom is -0.348 e. The van der Waals surface area contributed by atoms with Crippen molar-refractivity contribution in [3.63, 3.8) is 0 Å². The molecule has 3 heteroatoms. The summed E-state index contributed by atoms with van der Waals surface area (Å²) in [6.07, 6.45) is 1.17. The molecule has 0 aromatic heterocycles. The SMILES string of the molecule is S=C(Nc1ccccc1)N1CCC(c2ccccc2)C1. The number of thiocarbonyl (C=S) groups is 1. The molecule has 2 aromatic rings. The lowest BCUT2D eigenvalue weighted by atomic mass is 9.99. The molecule has 1 fully saturated rings. The normalized spacial score (nSPS) is 18.0. The zero-order valence-electron chi connectivity index (χ0n) is 11.3. The first-order valence-corrected chi connectivity index (χ1v) is 7.39. The minimum atomic E-state index is 0.590. The molecule has 0 amide bonds. The van der Waals surface area contributed by atoms with Gasteiger partial charge in [0.15, 0.2) is 5.11 Å². The Morgan fingerprint density at radius 2 is 1.65 bits per heavy atom. The quantitative estimate of drug-likeness (QED) is 0.842. The van der Waals surface area contributed by atoms with Gasteiger partial charge in [0.25, 0.3) is 0 Å². The maximum Gasteiger partial charge on any atom is 0.173 e. The van der Waals surface area contributed by atoms with E-state index in [-0.39, 0.29) is 0 Å². The topological polar surface area (TPSA) is 15.3 Å². The average molecular weight is 282 g/mol. The Morgan fingerprint density at radius 1 is 1.00 bits per heavy atom. The number of hydrogen-bond donors (Lipinski definition) is 1. The highest BCUT2D eigenvalue weighted by Gasteiger charge is 2.25. The fraction of sp³-hybridized carbons (Fsp3) is 0.235. The maximum atomic E-state index is 5.51. The molecule has 2 aromatic carbocycles. The summed E-state index contributed by atoms with van der Waals surface area (Å²) in [5.74, 6) is 0.590. The summed E-state index contributed by atoms with van der Waals surface area (Å²) in [6.45, 7) is 2.03. The van der Waals surface area contributed by atoms with Gasteiger partial charge in [-0.2, -0.15) is 0 Å². The van der Waals surface area contributed by atoms with Crippen molar-refractivity contribution in [2.75, 3.05) is 18.4 Å². The van der Waals surface area contributed by atoms with Gasteiger partial charge in [-0.15, -0.1) is 0 Å². The van der Waals surface area contributed by atoms with Gasteiger partial charge in [-0.25, -0.2) is 0 Å². The lowest BCUT2D eigenvalue weighted by Gasteiger charge is -2.20. The van der Waals surface area contributed by atoms with Crippen LogP contribution in [-0.4, -0.2) is 23.1 Å². The van der Waals surface area contributed by atoms with Gasteiger partial charge in [0.1, 0.15) is 0 Å². The Balaban J connectivity index is 1.61. The van der Waals surface area contributed by atoms with E-state index in [9.17, 15) is 0 Å². The predicted molar refractivity (Wildman–Crippen MR) is 88.0 cm³/mol. The third-order valence-electron chi connectivity index (χ3n) is 3.77. The third-order valence-corrected chi connectivity index (χ3v) is 4.13. The number of hydrogen-bond acceptors (Lipinski definition) is 1. The molecule has 0 bridgehead atoms. The van der Waals surface area contributed by atoms with E-state index in [0.29, 0.717) is 5.92 Å². The molecule has 1 aliphatic rings. The molecule has 0 aliphatic carbocycles. The second kappa shape index (κ2) is 6.06. The van der Waals surface area contributed by atoms with Crippen LogP contribution in [0.5, 0.6) is 0 Å². The first-order valence-electron chi connectivity index (χ1n) is 6.99. The number of anilines is 1. The van der Waals surface area contributed by atoms with Crippen molar-refractivity contribution in [1.82, 2.24) is 4.90 Å². The molecular formula is C17H18N2S. The maximum absolute atomic E-state index is 5.51. The first kappa shape index (κ1) is 13.1. The van der Waals surface area contributed by atoms with E-state index >= 15 is 0 Å². The van der Waals surface area contributed by atoms with Gasteiger partial charge >= 0.3 is 0 Å². The number of para-hydroxylation sites is 1. The van der Waals surface area contributed by atoms with Crippen LogP contribution >= 0.6 is 12.2 Å². The van der Waals surface area contributed by atoms with Crippen LogP contribution in [0.2, 0.25) is 0 Å².